The maximum atomic E-state index is 10.7. The van der Waals surface area contributed by atoms with Crippen molar-refractivity contribution in [2.24, 2.45) is 0 Å². The number of halogens is 1. The number of carboxylic acids is 1. The predicted molar refractivity (Wildman–Crippen MR) is 68.2 cm³/mol. The number of nitro benzene ring substituents is 1. The Morgan fingerprint density at radius 2 is 2.22 bits per heavy atom. The number of anilines is 1. The van der Waals surface area contributed by atoms with E-state index in [4.69, 9.17) is 16.7 Å². The van der Waals surface area contributed by atoms with Gasteiger partial charge in [0.15, 0.2) is 0 Å². The molecule has 7 heteroatoms. The van der Waals surface area contributed by atoms with E-state index in [1.165, 1.54) is 12.1 Å². The summed E-state index contributed by atoms with van der Waals surface area (Å²) in [7, 11) is 0. The first-order chi connectivity index (χ1) is 8.31. The van der Waals surface area contributed by atoms with E-state index in [2.05, 4.69) is 5.32 Å². The van der Waals surface area contributed by atoms with E-state index < -0.39 is 10.9 Å². The summed E-state index contributed by atoms with van der Waals surface area (Å²) in [6.45, 7) is 3.40. The van der Waals surface area contributed by atoms with Gasteiger partial charge >= 0.3 is 5.97 Å². The van der Waals surface area contributed by atoms with Gasteiger partial charge in [-0.2, -0.15) is 0 Å². The smallest absolute Gasteiger partial charge is 0.305 e. The summed E-state index contributed by atoms with van der Waals surface area (Å²) in [4.78, 5) is 20.7. The molecule has 0 aromatic heterocycles. The molecule has 0 saturated carbocycles. The zero-order valence-corrected chi connectivity index (χ0v) is 10.7. The summed E-state index contributed by atoms with van der Waals surface area (Å²) >= 11 is 5.79. The van der Waals surface area contributed by atoms with E-state index >= 15 is 0 Å². The maximum Gasteiger partial charge on any atom is 0.305 e. The van der Waals surface area contributed by atoms with Gasteiger partial charge in [-0.15, -0.1) is 0 Å². The van der Waals surface area contributed by atoms with E-state index in [1.807, 2.05) is 0 Å². The number of carbonyl (C=O) groups is 1. The third-order valence-electron chi connectivity index (χ3n) is 2.37. The van der Waals surface area contributed by atoms with Crippen LogP contribution < -0.4 is 5.32 Å². The Balaban J connectivity index is 2.94. The lowest BCUT2D eigenvalue weighted by molar-refractivity contribution is -0.384. The topological polar surface area (TPSA) is 92.5 Å². The zero-order chi connectivity index (χ0) is 13.9. The summed E-state index contributed by atoms with van der Waals surface area (Å²) in [5, 5.41) is 22.3. The van der Waals surface area contributed by atoms with Crippen LogP contribution in [0.25, 0.3) is 0 Å². The molecule has 1 unspecified atom stereocenters. The predicted octanol–water partition coefficient (Wildman–Crippen LogP) is 2.83. The fourth-order valence-electron chi connectivity index (χ4n) is 1.54. The van der Waals surface area contributed by atoms with E-state index in [1.54, 1.807) is 13.8 Å². The van der Waals surface area contributed by atoms with Crippen molar-refractivity contribution in [3.8, 4) is 0 Å². The Kier molecular flexibility index (Phi) is 4.49. The van der Waals surface area contributed by atoms with Crippen LogP contribution in [0.15, 0.2) is 12.1 Å². The number of benzene rings is 1. The Bertz CT molecular complexity index is 490. The van der Waals surface area contributed by atoms with Crippen molar-refractivity contribution in [2.75, 3.05) is 5.32 Å². The number of hydrogen-bond acceptors (Lipinski definition) is 4. The molecule has 0 heterocycles. The molecule has 1 rings (SSSR count). The van der Waals surface area contributed by atoms with E-state index in [0.29, 0.717) is 11.3 Å². The molecule has 18 heavy (non-hydrogen) atoms. The quantitative estimate of drug-likeness (QED) is 0.635. The molecule has 0 aliphatic carbocycles. The van der Waals surface area contributed by atoms with Crippen LogP contribution in [0.3, 0.4) is 0 Å². The monoisotopic (exact) mass is 272 g/mol. The number of nitro groups is 1. The summed E-state index contributed by atoms with van der Waals surface area (Å²) in [6.07, 6.45) is -0.0476. The van der Waals surface area contributed by atoms with Gasteiger partial charge in [0.1, 0.15) is 5.02 Å². The molecule has 1 aromatic rings. The van der Waals surface area contributed by atoms with Gasteiger partial charge < -0.3 is 10.4 Å². The van der Waals surface area contributed by atoms with E-state index in [-0.39, 0.29) is 23.2 Å². The Hall–Kier alpha value is -1.82. The summed E-state index contributed by atoms with van der Waals surface area (Å²) in [5.74, 6) is -0.916. The molecule has 6 nitrogen and oxygen atoms in total. The Morgan fingerprint density at radius 1 is 1.61 bits per heavy atom. The highest BCUT2D eigenvalue weighted by molar-refractivity contribution is 6.33. The summed E-state index contributed by atoms with van der Waals surface area (Å²) in [5.41, 5.74) is 1.08. The maximum absolute atomic E-state index is 10.7. The van der Waals surface area contributed by atoms with Gasteiger partial charge in [0.05, 0.1) is 11.3 Å². The second-order valence-corrected chi connectivity index (χ2v) is 4.43. The number of aryl methyl sites for hydroxylation is 1. The number of rotatable bonds is 5. The Labute approximate surface area is 109 Å². The molecule has 0 fully saturated rings. The van der Waals surface area contributed by atoms with Crippen molar-refractivity contribution >= 4 is 28.9 Å². The van der Waals surface area contributed by atoms with Gasteiger partial charge in [-0.05, 0) is 25.5 Å². The highest BCUT2D eigenvalue weighted by atomic mass is 35.5. The molecule has 1 atom stereocenters. The van der Waals surface area contributed by atoms with Gasteiger partial charge in [0.25, 0.3) is 5.69 Å². The van der Waals surface area contributed by atoms with Crippen LogP contribution in [0.5, 0.6) is 0 Å². The van der Waals surface area contributed by atoms with Crippen LogP contribution in [0, 0.1) is 17.0 Å². The van der Waals surface area contributed by atoms with Gasteiger partial charge in [-0.1, -0.05) is 11.6 Å². The fourth-order valence-corrected chi connectivity index (χ4v) is 1.77. The van der Waals surface area contributed by atoms with Crippen LogP contribution in [0.2, 0.25) is 5.02 Å². The number of hydrogen-bond donors (Lipinski definition) is 2. The molecule has 0 radical (unpaired) electrons. The van der Waals surface area contributed by atoms with Crippen LogP contribution in [-0.2, 0) is 4.79 Å². The standard InChI is InChI=1S/C11H13ClN2O4/c1-6-3-10(14(17)18)8(12)5-9(6)13-7(2)4-11(15)16/h3,5,7,13H,4H2,1-2H3,(H,15,16). The third-order valence-corrected chi connectivity index (χ3v) is 2.68. The highest BCUT2D eigenvalue weighted by Gasteiger charge is 2.16. The zero-order valence-electron chi connectivity index (χ0n) is 9.94. The SMILES string of the molecule is Cc1cc([N+](=O)[O-])c(Cl)cc1NC(C)CC(=O)O. The molecule has 0 aliphatic rings. The average molecular weight is 273 g/mol. The van der Waals surface area contributed by atoms with Crippen molar-refractivity contribution < 1.29 is 14.8 Å². The number of nitrogens with one attached hydrogen (secondary N) is 1. The lowest BCUT2D eigenvalue weighted by Crippen LogP contribution is -2.19. The van der Waals surface area contributed by atoms with Gasteiger partial charge in [0.2, 0.25) is 0 Å². The second-order valence-electron chi connectivity index (χ2n) is 4.02. The molecule has 0 amide bonds. The van der Waals surface area contributed by atoms with Crippen molar-refractivity contribution in [3.63, 3.8) is 0 Å². The first-order valence-electron chi connectivity index (χ1n) is 5.24. The number of aliphatic carboxylic acids is 1. The van der Waals surface area contributed by atoms with E-state index in [0.717, 1.165) is 0 Å². The molecule has 0 aliphatic heterocycles. The lowest BCUT2D eigenvalue weighted by atomic mass is 10.1. The van der Waals surface area contributed by atoms with Crippen LogP contribution in [0.1, 0.15) is 18.9 Å². The van der Waals surface area contributed by atoms with Gasteiger partial charge in [-0.3, -0.25) is 14.9 Å². The summed E-state index contributed by atoms with van der Waals surface area (Å²) < 4.78 is 0. The minimum atomic E-state index is -0.916. The lowest BCUT2D eigenvalue weighted by Gasteiger charge is -2.15. The van der Waals surface area contributed by atoms with Gasteiger partial charge in [0, 0.05) is 17.8 Å². The first kappa shape index (κ1) is 14.2. The minimum Gasteiger partial charge on any atom is -0.481 e. The van der Waals surface area contributed by atoms with Crippen molar-refractivity contribution in [1.29, 1.82) is 0 Å². The largest absolute Gasteiger partial charge is 0.481 e. The van der Waals surface area contributed by atoms with Crippen LogP contribution in [0.4, 0.5) is 11.4 Å². The molecule has 2 N–H and O–H groups in total. The molecule has 0 spiro atoms. The van der Waals surface area contributed by atoms with Crippen LogP contribution >= 0.6 is 11.6 Å². The molecule has 1 aromatic carbocycles. The Morgan fingerprint density at radius 3 is 2.72 bits per heavy atom. The average Bonchev–Trinajstić information content (AvgIpc) is 2.21. The fraction of sp³-hybridized carbons (Fsp3) is 0.364. The first-order valence-corrected chi connectivity index (χ1v) is 5.62. The minimum absolute atomic E-state index is 0.0237. The molecular weight excluding hydrogens is 260 g/mol. The van der Waals surface area contributed by atoms with Crippen LogP contribution in [-0.4, -0.2) is 22.0 Å². The van der Waals surface area contributed by atoms with Crippen molar-refractivity contribution in [1.82, 2.24) is 0 Å². The highest BCUT2D eigenvalue weighted by Crippen LogP contribution is 2.30. The summed E-state index contributed by atoms with van der Waals surface area (Å²) in [6, 6.07) is 2.50. The molecule has 0 saturated heterocycles. The van der Waals surface area contributed by atoms with Crippen molar-refractivity contribution in [2.45, 2.75) is 26.3 Å². The number of carboxylic acid groups (broad SMARTS) is 1. The molecule has 98 valence electrons. The molecule has 0 bridgehead atoms. The van der Waals surface area contributed by atoms with Gasteiger partial charge in [-0.25, -0.2) is 0 Å². The van der Waals surface area contributed by atoms with Crippen molar-refractivity contribution in [3.05, 3.63) is 32.8 Å². The normalized spacial score (nSPS) is 11.9. The molecular formula is C11H13ClN2O4. The third kappa shape index (κ3) is 3.59. The number of nitrogens with zero attached hydrogens (tertiary/aromatic N) is 1. The van der Waals surface area contributed by atoms with E-state index in [9.17, 15) is 14.9 Å². The second kappa shape index (κ2) is 5.68.